The van der Waals surface area contributed by atoms with Crippen LogP contribution in [0, 0.1) is 5.82 Å². The summed E-state index contributed by atoms with van der Waals surface area (Å²) in [6.45, 7) is 0. The molecular weight excluding hydrogens is 321 g/mol. The molecule has 0 bridgehead atoms. The summed E-state index contributed by atoms with van der Waals surface area (Å²) >= 11 is 0. The molecule has 10 radical (unpaired) electrons. The first-order chi connectivity index (χ1) is 12.3. The SMILES string of the molecule is [B]c1c([B])c([B])c(-c2cccc(-c3c(O)cccc3O)c2F)c([B])c1[B]. The van der Waals surface area contributed by atoms with Crippen LogP contribution < -0.4 is 27.3 Å². The van der Waals surface area contributed by atoms with Crippen molar-refractivity contribution in [1.82, 2.24) is 0 Å². The van der Waals surface area contributed by atoms with Gasteiger partial charge in [-0.05, 0) is 17.7 Å². The van der Waals surface area contributed by atoms with E-state index < -0.39 is 5.82 Å². The molecule has 0 saturated heterocycles. The topological polar surface area (TPSA) is 40.5 Å². The summed E-state index contributed by atoms with van der Waals surface area (Å²) in [6.07, 6.45) is 0. The summed E-state index contributed by atoms with van der Waals surface area (Å²) in [5, 5.41) is 20.1. The molecule has 0 fully saturated rings. The minimum absolute atomic E-state index is 0.00177. The zero-order chi connectivity index (χ0) is 19.2. The maximum atomic E-state index is 15.3. The minimum atomic E-state index is -0.758. The van der Waals surface area contributed by atoms with Gasteiger partial charge in [-0.25, -0.2) is 4.39 Å². The van der Waals surface area contributed by atoms with Crippen LogP contribution >= 0.6 is 0 Å². The van der Waals surface area contributed by atoms with Gasteiger partial charge in [-0.2, -0.15) is 0 Å². The van der Waals surface area contributed by atoms with E-state index in [9.17, 15) is 10.2 Å². The molecule has 0 aliphatic heterocycles. The predicted octanol–water partition coefficient (Wildman–Crippen LogP) is -1.46. The van der Waals surface area contributed by atoms with Gasteiger partial charge in [0.25, 0.3) is 0 Å². The van der Waals surface area contributed by atoms with E-state index in [4.69, 9.17) is 39.2 Å². The van der Waals surface area contributed by atoms with E-state index in [0.717, 1.165) is 0 Å². The van der Waals surface area contributed by atoms with Gasteiger partial charge in [-0.3, -0.25) is 0 Å². The van der Waals surface area contributed by atoms with E-state index >= 15 is 4.39 Å². The lowest BCUT2D eigenvalue weighted by atomic mass is 9.59. The molecule has 0 aromatic heterocycles. The normalized spacial score (nSPS) is 10.8. The van der Waals surface area contributed by atoms with E-state index in [1.807, 2.05) is 0 Å². The fraction of sp³-hybridized carbons (Fsp3) is 0. The summed E-state index contributed by atoms with van der Waals surface area (Å²) in [7, 11) is 29.5. The van der Waals surface area contributed by atoms with Gasteiger partial charge >= 0.3 is 0 Å². The summed E-state index contributed by atoms with van der Waals surface area (Å²) in [4.78, 5) is 0. The molecule has 2 nitrogen and oxygen atoms in total. The maximum Gasteiger partial charge on any atom is 0.139 e. The molecule has 8 heteroatoms. The average molecular weight is 329 g/mol. The number of aromatic hydroxyl groups is 2. The molecule has 3 aromatic rings. The summed E-state index contributed by atoms with van der Waals surface area (Å²) in [6, 6.07) is 8.48. The third-order valence-corrected chi connectivity index (χ3v) is 4.26. The lowest BCUT2D eigenvalue weighted by Crippen LogP contribution is -2.55. The van der Waals surface area contributed by atoms with Crippen molar-refractivity contribution in [3.05, 3.63) is 42.2 Å². The quantitative estimate of drug-likeness (QED) is 0.564. The van der Waals surface area contributed by atoms with Crippen LogP contribution in [0.25, 0.3) is 22.3 Å². The summed E-state index contributed by atoms with van der Waals surface area (Å²) in [5.41, 5.74) is 0.0363. The molecule has 0 atom stereocenters. The lowest BCUT2D eigenvalue weighted by molar-refractivity contribution is 0.453. The Labute approximate surface area is 157 Å². The van der Waals surface area contributed by atoms with Crippen molar-refractivity contribution in [2.45, 2.75) is 0 Å². The molecule has 2 N–H and O–H groups in total. The minimum Gasteiger partial charge on any atom is -0.507 e. The third-order valence-electron chi connectivity index (χ3n) is 4.26. The molecule has 0 unspecified atom stereocenters. The highest BCUT2D eigenvalue weighted by Crippen LogP contribution is 2.40. The van der Waals surface area contributed by atoms with Gasteiger partial charge in [0.2, 0.25) is 0 Å². The Bertz CT molecular complexity index is 987. The molecule has 3 aromatic carbocycles. The highest BCUT2D eigenvalue weighted by molar-refractivity contribution is 6.68. The van der Waals surface area contributed by atoms with Crippen molar-refractivity contribution < 1.29 is 14.6 Å². The monoisotopic (exact) mass is 330 g/mol. The molecule has 114 valence electrons. The first kappa shape index (κ1) is 18.3. The van der Waals surface area contributed by atoms with Crippen LogP contribution in [0.5, 0.6) is 11.5 Å². The van der Waals surface area contributed by atoms with E-state index in [1.165, 1.54) is 36.4 Å². The zero-order valence-corrected chi connectivity index (χ0v) is 13.6. The Kier molecular flexibility index (Phi) is 4.70. The maximum absolute atomic E-state index is 15.3. The molecular formula is C18H8B5FO2. The highest BCUT2D eigenvalue weighted by Gasteiger charge is 2.20. The molecule has 0 spiro atoms. The van der Waals surface area contributed by atoms with Gasteiger partial charge in [-0.1, -0.05) is 35.2 Å². The predicted molar refractivity (Wildman–Crippen MR) is 108 cm³/mol. The molecule has 0 heterocycles. The second kappa shape index (κ2) is 6.67. The third kappa shape index (κ3) is 2.74. The Morgan fingerprint density at radius 2 is 0.962 bits per heavy atom. The fourth-order valence-electron chi connectivity index (χ4n) is 2.86. The molecule has 3 rings (SSSR count). The van der Waals surface area contributed by atoms with Crippen molar-refractivity contribution >= 4 is 66.5 Å². The van der Waals surface area contributed by atoms with Crippen LogP contribution in [0.1, 0.15) is 0 Å². The lowest BCUT2D eigenvalue weighted by Gasteiger charge is -2.22. The number of hydrogen-bond donors (Lipinski definition) is 2. The Morgan fingerprint density at radius 1 is 0.577 bits per heavy atom. The molecule has 0 amide bonds. The number of phenols is 2. The summed E-state index contributed by atoms with van der Waals surface area (Å²) in [5.74, 6) is -1.32. The smallest absolute Gasteiger partial charge is 0.139 e. The number of benzene rings is 3. The van der Waals surface area contributed by atoms with Crippen LogP contribution in [-0.2, 0) is 0 Å². The van der Waals surface area contributed by atoms with Crippen LogP contribution in [0.3, 0.4) is 0 Å². The van der Waals surface area contributed by atoms with Crippen LogP contribution in [-0.4, -0.2) is 49.4 Å². The van der Waals surface area contributed by atoms with E-state index in [0.29, 0.717) is 0 Å². The first-order valence-electron chi connectivity index (χ1n) is 7.57. The van der Waals surface area contributed by atoms with E-state index in [-0.39, 0.29) is 61.1 Å². The molecule has 26 heavy (non-hydrogen) atoms. The fourth-order valence-corrected chi connectivity index (χ4v) is 2.86. The van der Waals surface area contributed by atoms with Crippen LogP contribution in [0.2, 0.25) is 0 Å². The van der Waals surface area contributed by atoms with Crippen LogP contribution in [0.15, 0.2) is 36.4 Å². The van der Waals surface area contributed by atoms with E-state index in [2.05, 4.69) is 0 Å². The molecule has 0 aliphatic carbocycles. The number of hydrogen-bond acceptors (Lipinski definition) is 2. The Morgan fingerprint density at radius 3 is 1.46 bits per heavy atom. The van der Waals surface area contributed by atoms with Crippen molar-refractivity contribution in [3.8, 4) is 33.8 Å². The van der Waals surface area contributed by atoms with Gasteiger partial charge in [-0.15, -0.1) is 16.4 Å². The molecule has 0 aliphatic rings. The summed E-state index contributed by atoms with van der Waals surface area (Å²) < 4.78 is 15.3. The highest BCUT2D eigenvalue weighted by atomic mass is 19.1. The van der Waals surface area contributed by atoms with Gasteiger partial charge in [0.1, 0.15) is 56.5 Å². The van der Waals surface area contributed by atoms with Crippen molar-refractivity contribution in [1.29, 1.82) is 0 Å². The zero-order valence-electron chi connectivity index (χ0n) is 13.6. The average Bonchev–Trinajstić information content (AvgIpc) is 2.61. The number of phenolic OH excluding ortho intramolecular Hbond substituents is 2. The number of halogens is 1. The second-order valence-electron chi connectivity index (χ2n) is 5.78. The van der Waals surface area contributed by atoms with Crippen molar-refractivity contribution in [3.63, 3.8) is 0 Å². The van der Waals surface area contributed by atoms with Gasteiger partial charge in [0.05, 0.1) is 5.56 Å². The second-order valence-corrected chi connectivity index (χ2v) is 5.78. The van der Waals surface area contributed by atoms with Gasteiger partial charge in [0.15, 0.2) is 0 Å². The van der Waals surface area contributed by atoms with E-state index in [1.54, 1.807) is 0 Å². The molecule has 0 saturated carbocycles. The standard InChI is InChI=1S/C18H8B5FO2/c19-13-12(14(20)16(22)17(23)15(13)21)8-4-1-3-7(18(8)24)11-9(25)5-2-6-10(11)26/h1-6,25-26H. The van der Waals surface area contributed by atoms with Gasteiger partial charge < -0.3 is 10.2 Å². The number of rotatable bonds is 2. The van der Waals surface area contributed by atoms with Gasteiger partial charge in [0, 0.05) is 11.1 Å². The Hall–Kier alpha value is -2.49. The Balaban J connectivity index is 2.35. The first-order valence-corrected chi connectivity index (χ1v) is 7.57. The van der Waals surface area contributed by atoms with Crippen LogP contribution in [0.4, 0.5) is 4.39 Å². The largest absolute Gasteiger partial charge is 0.507 e. The van der Waals surface area contributed by atoms with Crippen molar-refractivity contribution in [2.75, 3.05) is 0 Å². The van der Waals surface area contributed by atoms with Crippen molar-refractivity contribution in [2.24, 2.45) is 0 Å².